The van der Waals surface area contributed by atoms with Crippen molar-refractivity contribution in [1.29, 1.82) is 0 Å². The summed E-state index contributed by atoms with van der Waals surface area (Å²) in [5.74, 6) is -1.66. The van der Waals surface area contributed by atoms with Gasteiger partial charge in [-0.15, -0.1) is 0 Å². The Morgan fingerprint density at radius 2 is 1.79 bits per heavy atom. The first-order valence-corrected chi connectivity index (χ1v) is 11.0. The minimum absolute atomic E-state index is 0.0576. The highest BCUT2D eigenvalue weighted by molar-refractivity contribution is 8.14. The zero-order valence-electron chi connectivity index (χ0n) is 17.6. The van der Waals surface area contributed by atoms with Gasteiger partial charge in [-0.25, -0.2) is 13.8 Å². The van der Waals surface area contributed by atoms with Gasteiger partial charge in [0.1, 0.15) is 17.3 Å². The lowest BCUT2D eigenvalue weighted by Crippen LogP contribution is -2.31. The van der Waals surface area contributed by atoms with E-state index in [-0.39, 0.29) is 23.3 Å². The van der Waals surface area contributed by atoms with Gasteiger partial charge in [0, 0.05) is 5.69 Å². The fraction of sp³-hybridized carbons (Fsp3) is 0.0800. The van der Waals surface area contributed by atoms with E-state index in [4.69, 9.17) is 0 Å². The van der Waals surface area contributed by atoms with E-state index >= 15 is 0 Å². The van der Waals surface area contributed by atoms with Crippen LogP contribution >= 0.6 is 11.8 Å². The smallest absolute Gasteiger partial charge is 0.283 e. The van der Waals surface area contributed by atoms with Crippen LogP contribution in [0.2, 0.25) is 0 Å². The van der Waals surface area contributed by atoms with Crippen LogP contribution in [0.25, 0.3) is 6.08 Å². The number of aryl methyl sites for hydroxylation is 1. The average molecular weight is 464 g/mol. The lowest BCUT2D eigenvalue weighted by molar-refractivity contribution is -0.114. The van der Waals surface area contributed by atoms with E-state index < -0.39 is 11.6 Å². The molecule has 8 heteroatoms. The number of benzene rings is 3. The van der Waals surface area contributed by atoms with Gasteiger partial charge in [0.2, 0.25) is 5.91 Å². The second-order valence-corrected chi connectivity index (χ2v) is 8.19. The Hall–Kier alpha value is -3.78. The van der Waals surface area contributed by atoms with E-state index in [1.54, 1.807) is 25.1 Å². The van der Waals surface area contributed by atoms with E-state index in [1.807, 2.05) is 30.3 Å². The van der Waals surface area contributed by atoms with Crippen LogP contribution < -0.4 is 10.2 Å². The van der Waals surface area contributed by atoms with Gasteiger partial charge in [0.05, 0.1) is 11.4 Å². The summed E-state index contributed by atoms with van der Waals surface area (Å²) in [5.41, 5.74) is 2.26. The second-order valence-electron chi connectivity index (χ2n) is 7.25. The molecule has 166 valence electrons. The van der Waals surface area contributed by atoms with Gasteiger partial charge in [0.15, 0.2) is 5.17 Å². The van der Waals surface area contributed by atoms with Gasteiger partial charge in [0.25, 0.3) is 5.91 Å². The molecule has 3 aromatic carbocycles. The molecule has 0 saturated heterocycles. The van der Waals surface area contributed by atoms with Crippen LogP contribution in [0.4, 0.5) is 20.2 Å². The largest absolute Gasteiger partial charge is 0.325 e. The molecular weight excluding hydrogens is 444 g/mol. The van der Waals surface area contributed by atoms with Gasteiger partial charge < -0.3 is 5.32 Å². The van der Waals surface area contributed by atoms with Crippen LogP contribution in [-0.4, -0.2) is 22.7 Å². The van der Waals surface area contributed by atoms with Crippen LogP contribution in [0.15, 0.2) is 83.5 Å². The number of anilines is 2. The standard InChI is InChI=1S/C25H19F2N3O2S/c1-16-7-10-19(14-21(16)27)28-23(31)15-33-25-29-22(13-17-5-3-2-4-6-17)24(32)30(25)20-11-8-18(26)9-12-20/h2-14H,15H2,1H3,(H,28,31). The zero-order chi connectivity index (χ0) is 23.4. The molecule has 1 aliphatic heterocycles. The molecule has 0 spiro atoms. The monoisotopic (exact) mass is 463 g/mol. The van der Waals surface area contributed by atoms with Crippen LogP contribution in [0.5, 0.6) is 0 Å². The molecule has 2 amide bonds. The van der Waals surface area contributed by atoms with Crippen LogP contribution in [0.3, 0.4) is 0 Å². The maximum Gasteiger partial charge on any atom is 0.283 e. The first kappa shape index (κ1) is 22.4. The number of hydrogen-bond acceptors (Lipinski definition) is 4. The number of amidine groups is 1. The van der Waals surface area contributed by atoms with Gasteiger partial charge in [-0.05, 0) is 60.5 Å². The van der Waals surface area contributed by atoms with Crippen LogP contribution in [-0.2, 0) is 9.59 Å². The highest BCUT2D eigenvalue weighted by Gasteiger charge is 2.32. The molecule has 0 fully saturated rings. The minimum Gasteiger partial charge on any atom is -0.325 e. The van der Waals surface area contributed by atoms with Crippen molar-refractivity contribution in [3.8, 4) is 0 Å². The maximum absolute atomic E-state index is 13.7. The summed E-state index contributed by atoms with van der Waals surface area (Å²) in [7, 11) is 0. The molecule has 0 unspecified atom stereocenters. The average Bonchev–Trinajstić information content (AvgIpc) is 3.11. The van der Waals surface area contributed by atoms with Gasteiger partial charge in [-0.1, -0.05) is 48.2 Å². The minimum atomic E-state index is -0.429. The molecule has 0 saturated carbocycles. The summed E-state index contributed by atoms with van der Waals surface area (Å²) in [5, 5.41) is 2.93. The predicted octanol–water partition coefficient (Wildman–Crippen LogP) is 5.39. The number of amides is 2. The number of nitrogens with one attached hydrogen (secondary N) is 1. The maximum atomic E-state index is 13.7. The molecule has 0 aliphatic carbocycles. The topological polar surface area (TPSA) is 61.8 Å². The number of carbonyl (C=O) groups excluding carboxylic acids is 2. The summed E-state index contributed by atoms with van der Waals surface area (Å²) in [6, 6.07) is 19.2. The molecule has 1 aliphatic rings. The SMILES string of the molecule is Cc1ccc(NC(=O)CSC2=NC(=Cc3ccccc3)C(=O)N2c2ccc(F)cc2)cc1F. The Balaban J connectivity index is 1.55. The first-order chi connectivity index (χ1) is 15.9. The van der Waals surface area contributed by atoms with Crippen molar-refractivity contribution in [2.75, 3.05) is 16.0 Å². The van der Waals surface area contributed by atoms with E-state index in [0.29, 0.717) is 22.1 Å². The summed E-state index contributed by atoms with van der Waals surface area (Å²) in [6.07, 6.45) is 1.65. The van der Waals surface area contributed by atoms with Crippen LogP contribution in [0.1, 0.15) is 11.1 Å². The fourth-order valence-corrected chi connectivity index (χ4v) is 3.93. The highest BCUT2D eigenvalue weighted by atomic mass is 32.2. The molecule has 33 heavy (non-hydrogen) atoms. The molecule has 0 aromatic heterocycles. The lowest BCUT2D eigenvalue weighted by atomic mass is 10.2. The van der Waals surface area contributed by atoms with Gasteiger partial charge in [-0.2, -0.15) is 0 Å². The molecule has 1 N–H and O–H groups in total. The summed E-state index contributed by atoms with van der Waals surface area (Å²) in [4.78, 5) is 31.3. The number of halogens is 2. The molecule has 4 rings (SSSR count). The predicted molar refractivity (Wildman–Crippen MR) is 128 cm³/mol. The van der Waals surface area contributed by atoms with E-state index in [9.17, 15) is 18.4 Å². The third-order valence-corrected chi connectivity index (χ3v) is 5.74. The summed E-state index contributed by atoms with van der Waals surface area (Å²) in [6.45, 7) is 1.64. The quantitative estimate of drug-likeness (QED) is 0.516. The van der Waals surface area contributed by atoms with Crippen molar-refractivity contribution in [2.24, 2.45) is 4.99 Å². The third kappa shape index (κ3) is 5.35. The van der Waals surface area contributed by atoms with Gasteiger partial charge in [-0.3, -0.25) is 14.5 Å². The first-order valence-electron chi connectivity index (χ1n) is 10.0. The Kier molecular flexibility index (Phi) is 6.65. The zero-order valence-corrected chi connectivity index (χ0v) is 18.4. The van der Waals surface area contributed by atoms with Crippen molar-refractivity contribution in [1.82, 2.24) is 0 Å². The number of aliphatic imine (C=N–C) groups is 1. The lowest BCUT2D eigenvalue weighted by Gasteiger charge is -2.17. The number of carbonyl (C=O) groups is 2. The summed E-state index contributed by atoms with van der Waals surface area (Å²) < 4.78 is 27.2. The molecular formula is C25H19F2N3O2S. The van der Waals surface area contributed by atoms with Crippen molar-refractivity contribution < 1.29 is 18.4 Å². The molecule has 0 radical (unpaired) electrons. The fourth-order valence-electron chi connectivity index (χ4n) is 3.12. The molecule has 3 aromatic rings. The van der Waals surface area contributed by atoms with E-state index in [0.717, 1.165) is 17.3 Å². The Morgan fingerprint density at radius 3 is 2.48 bits per heavy atom. The van der Waals surface area contributed by atoms with Gasteiger partial charge >= 0.3 is 0 Å². The Bertz CT molecular complexity index is 1260. The van der Waals surface area contributed by atoms with Crippen molar-refractivity contribution >= 4 is 46.2 Å². The highest BCUT2D eigenvalue weighted by Crippen LogP contribution is 2.29. The third-order valence-electron chi connectivity index (χ3n) is 4.81. The van der Waals surface area contributed by atoms with Crippen molar-refractivity contribution in [3.05, 3.63) is 101 Å². The number of hydrogen-bond donors (Lipinski definition) is 1. The van der Waals surface area contributed by atoms with Crippen molar-refractivity contribution in [2.45, 2.75) is 6.92 Å². The number of thioether (sulfide) groups is 1. The Morgan fingerprint density at radius 1 is 1.06 bits per heavy atom. The van der Waals surface area contributed by atoms with E-state index in [2.05, 4.69) is 10.3 Å². The summed E-state index contributed by atoms with van der Waals surface area (Å²) >= 11 is 1.06. The molecule has 0 bridgehead atoms. The normalized spacial score (nSPS) is 14.5. The Labute approximate surface area is 193 Å². The molecule has 0 atom stereocenters. The second kappa shape index (κ2) is 9.79. The van der Waals surface area contributed by atoms with Crippen molar-refractivity contribution in [3.63, 3.8) is 0 Å². The van der Waals surface area contributed by atoms with Crippen LogP contribution in [0, 0.1) is 18.6 Å². The number of rotatable bonds is 5. The molecule has 1 heterocycles. The molecule has 5 nitrogen and oxygen atoms in total. The number of nitrogens with zero attached hydrogens (tertiary/aromatic N) is 2. The van der Waals surface area contributed by atoms with E-state index in [1.165, 1.54) is 35.2 Å².